The van der Waals surface area contributed by atoms with Crippen LogP contribution in [0.3, 0.4) is 0 Å². The highest BCUT2D eigenvalue weighted by Crippen LogP contribution is 2.34. The van der Waals surface area contributed by atoms with Gasteiger partial charge in [0.15, 0.2) is 0 Å². The molecule has 0 aliphatic carbocycles. The first-order valence-corrected chi connectivity index (χ1v) is 13.5. The first-order chi connectivity index (χ1) is 17.6. The van der Waals surface area contributed by atoms with Gasteiger partial charge >= 0.3 is 6.09 Å². The van der Waals surface area contributed by atoms with Gasteiger partial charge in [-0.25, -0.2) is 9.78 Å². The topological polar surface area (TPSA) is 93.7 Å². The second-order valence-corrected chi connectivity index (χ2v) is 11.2. The van der Waals surface area contributed by atoms with Gasteiger partial charge in [-0.15, -0.1) is 0 Å². The molecule has 1 amide bonds. The van der Waals surface area contributed by atoms with Crippen LogP contribution < -0.4 is 5.32 Å². The van der Waals surface area contributed by atoms with Crippen molar-refractivity contribution < 1.29 is 19.1 Å². The number of nitrogens with zero attached hydrogens (tertiary/aromatic N) is 3. The number of nitrogens with one attached hydrogen (secondary N) is 1. The molecule has 2 aliphatic heterocycles. The van der Waals surface area contributed by atoms with Crippen LogP contribution in [0.5, 0.6) is 0 Å². The number of carbonyl (C=O) groups is 2. The summed E-state index contributed by atoms with van der Waals surface area (Å²) in [6.07, 6.45) is 4.74. The van der Waals surface area contributed by atoms with Crippen molar-refractivity contribution in [1.82, 2.24) is 14.9 Å². The highest BCUT2D eigenvalue weighted by molar-refractivity contribution is 6.36. The molecule has 4 rings (SSSR count). The maximum atomic E-state index is 13.0. The van der Waals surface area contributed by atoms with Crippen molar-refractivity contribution in [1.29, 1.82) is 0 Å². The van der Waals surface area contributed by atoms with Gasteiger partial charge in [-0.05, 0) is 63.6 Å². The molecule has 0 bridgehead atoms. The Bertz CT molecular complexity index is 1140. The van der Waals surface area contributed by atoms with Crippen LogP contribution >= 0.6 is 23.2 Å². The van der Waals surface area contributed by atoms with E-state index in [1.807, 2.05) is 6.07 Å². The van der Waals surface area contributed by atoms with E-state index in [0.717, 1.165) is 38.8 Å². The molecule has 0 saturated carbocycles. The molecule has 1 N–H and O–H groups in total. The maximum absolute atomic E-state index is 13.0. The Morgan fingerprint density at radius 2 is 2.05 bits per heavy atom. The number of ketones is 1. The molecule has 2 aliphatic rings. The Morgan fingerprint density at radius 3 is 2.81 bits per heavy atom. The zero-order valence-electron chi connectivity index (χ0n) is 21.6. The highest BCUT2D eigenvalue weighted by atomic mass is 35.5. The van der Waals surface area contributed by atoms with Crippen LogP contribution in [0.2, 0.25) is 10.0 Å². The third-order valence-corrected chi connectivity index (χ3v) is 7.66. The van der Waals surface area contributed by atoms with E-state index in [4.69, 9.17) is 37.7 Å². The Morgan fingerprint density at radius 1 is 1.24 bits per heavy atom. The number of halogens is 2. The Balaban J connectivity index is 1.46. The molecule has 10 heteroatoms. The van der Waals surface area contributed by atoms with Crippen LogP contribution in [0.25, 0.3) is 11.3 Å². The minimum absolute atomic E-state index is 0.0308. The minimum atomic E-state index is -0.404. The summed E-state index contributed by atoms with van der Waals surface area (Å²) in [5.41, 5.74) is 1.63. The zero-order chi connectivity index (χ0) is 26.6. The molecule has 2 fully saturated rings. The fraction of sp³-hybridized carbons (Fsp3) is 0.556. The molecule has 2 aromatic rings. The summed E-state index contributed by atoms with van der Waals surface area (Å²) in [5.74, 6) is 0.974. The lowest BCUT2D eigenvalue weighted by molar-refractivity contribution is -0.123. The molecule has 0 unspecified atom stereocenters. The van der Waals surface area contributed by atoms with Gasteiger partial charge in [0.05, 0.1) is 28.5 Å². The lowest BCUT2D eigenvalue weighted by atomic mass is 9.88. The Hall–Kier alpha value is -2.42. The molecule has 0 radical (unpaired) electrons. The van der Waals surface area contributed by atoms with Crippen molar-refractivity contribution in [2.24, 2.45) is 11.8 Å². The largest absolute Gasteiger partial charge is 0.453 e. The molecule has 2 aromatic heterocycles. The van der Waals surface area contributed by atoms with E-state index in [9.17, 15) is 9.59 Å². The summed E-state index contributed by atoms with van der Waals surface area (Å²) < 4.78 is 10.6. The van der Waals surface area contributed by atoms with Crippen LogP contribution in [0.15, 0.2) is 24.4 Å². The minimum Gasteiger partial charge on any atom is -0.453 e. The second kappa shape index (κ2) is 12.0. The predicted octanol–water partition coefficient (Wildman–Crippen LogP) is 5.66. The van der Waals surface area contributed by atoms with Crippen molar-refractivity contribution in [3.63, 3.8) is 0 Å². The van der Waals surface area contributed by atoms with E-state index < -0.39 is 6.09 Å². The Labute approximate surface area is 228 Å². The van der Waals surface area contributed by atoms with Gasteiger partial charge in [0.1, 0.15) is 11.6 Å². The fourth-order valence-electron chi connectivity index (χ4n) is 5.13. The molecule has 2 saturated heterocycles. The molecule has 4 heterocycles. The van der Waals surface area contributed by atoms with Crippen molar-refractivity contribution in [2.75, 3.05) is 38.7 Å². The lowest BCUT2D eigenvalue weighted by Crippen LogP contribution is -2.42. The molecule has 0 aromatic carbocycles. The summed E-state index contributed by atoms with van der Waals surface area (Å²) in [4.78, 5) is 35.6. The molecule has 2 atom stereocenters. The van der Waals surface area contributed by atoms with Gasteiger partial charge in [-0.3, -0.25) is 9.78 Å². The van der Waals surface area contributed by atoms with Crippen molar-refractivity contribution in [3.8, 4) is 11.3 Å². The van der Waals surface area contributed by atoms with E-state index in [-0.39, 0.29) is 23.7 Å². The molecular weight excluding hydrogens is 515 g/mol. The summed E-state index contributed by atoms with van der Waals surface area (Å²) in [5, 5.41) is 4.30. The number of piperidine rings is 1. The number of carbonyl (C=O) groups excluding carboxylic acids is 2. The zero-order valence-corrected chi connectivity index (χ0v) is 23.1. The van der Waals surface area contributed by atoms with Crippen molar-refractivity contribution in [2.45, 2.75) is 51.6 Å². The number of rotatable bonds is 7. The summed E-state index contributed by atoms with van der Waals surface area (Å²) >= 11 is 13.0. The summed E-state index contributed by atoms with van der Waals surface area (Å²) in [7, 11) is 1.35. The van der Waals surface area contributed by atoms with Gasteiger partial charge < -0.3 is 19.7 Å². The average Bonchev–Trinajstić information content (AvgIpc) is 2.88. The van der Waals surface area contributed by atoms with Crippen LogP contribution in [-0.2, 0) is 20.7 Å². The van der Waals surface area contributed by atoms with Crippen LogP contribution in [0.1, 0.15) is 45.2 Å². The SMILES string of the molecule is COC(=O)N1CCC[C@H](C(=O)Cc2cc(-c3nc(NC[C@H]4CCOC(C)(C)C4)ccc3Cl)c(Cl)cn2)C1. The number of hydrogen-bond donors (Lipinski definition) is 1. The number of hydrogen-bond acceptors (Lipinski definition) is 7. The van der Waals surface area contributed by atoms with Crippen LogP contribution in [0.4, 0.5) is 10.6 Å². The smallest absolute Gasteiger partial charge is 0.409 e. The number of Topliss-reactive ketones (excluding diaryl/α,β-unsaturated/α-hetero) is 1. The number of aromatic nitrogens is 2. The number of amides is 1. The number of methoxy groups -OCH3 is 1. The predicted molar refractivity (Wildman–Crippen MR) is 144 cm³/mol. The van der Waals surface area contributed by atoms with Gasteiger partial charge in [0.25, 0.3) is 0 Å². The highest BCUT2D eigenvalue weighted by Gasteiger charge is 2.30. The third-order valence-electron chi connectivity index (χ3n) is 7.05. The van der Waals surface area contributed by atoms with Gasteiger partial charge in [-0.1, -0.05) is 23.2 Å². The number of likely N-dealkylation sites (tertiary alicyclic amines) is 1. The van der Waals surface area contributed by atoms with E-state index in [0.29, 0.717) is 51.8 Å². The normalized spacial score (nSPS) is 21.4. The number of ether oxygens (including phenoxy) is 2. The maximum Gasteiger partial charge on any atom is 0.409 e. The molecular formula is C27H34Cl2N4O4. The standard InChI is InChI=1S/C27H34Cl2N4O4/c1-27(2)13-17(8-10-37-27)14-31-24-7-6-21(28)25(32-24)20-11-19(30-15-22(20)29)12-23(34)18-5-4-9-33(16-18)26(35)36-3/h6-7,11,15,17-18H,4-5,8-10,12-14,16H2,1-3H3,(H,31,32)/t17-,18-/m0/s1. The molecule has 0 spiro atoms. The van der Waals surface area contributed by atoms with Gasteiger partial charge in [0.2, 0.25) is 0 Å². The van der Waals surface area contributed by atoms with Crippen LogP contribution in [-0.4, -0.2) is 65.7 Å². The van der Waals surface area contributed by atoms with E-state index in [2.05, 4.69) is 24.1 Å². The van der Waals surface area contributed by atoms with Crippen molar-refractivity contribution in [3.05, 3.63) is 40.1 Å². The number of anilines is 1. The lowest BCUT2D eigenvalue weighted by Gasteiger charge is -2.35. The number of pyridine rings is 2. The first kappa shape index (κ1) is 27.6. The van der Waals surface area contributed by atoms with Gasteiger partial charge in [0, 0.05) is 56.0 Å². The molecule has 37 heavy (non-hydrogen) atoms. The summed E-state index contributed by atoms with van der Waals surface area (Å²) in [6, 6.07) is 5.43. The average molecular weight is 549 g/mol. The fourth-order valence-corrected chi connectivity index (χ4v) is 5.53. The first-order valence-electron chi connectivity index (χ1n) is 12.7. The monoisotopic (exact) mass is 548 g/mol. The molecule has 8 nitrogen and oxygen atoms in total. The summed E-state index contributed by atoms with van der Waals surface area (Å²) in [6.45, 7) is 6.74. The second-order valence-electron chi connectivity index (χ2n) is 10.4. The van der Waals surface area contributed by atoms with Crippen molar-refractivity contribution >= 4 is 40.9 Å². The van der Waals surface area contributed by atoms with Crippen LogP contribution in [0, 0.1) is 11.8 Å². The Kier molecular flexibility index (Phi) is 8.93. The third kappa shape index (κ3) is 7.12. The quantitative estimate of drug-likeness (QED) is 0.477. The van der Waals surface area contributed by atoms with E-state index in [1.165, 1.54) is 13.3 Å². The van der Waals surface area contributed by atoms with E-state index >= 15 is 0 Å². The van der Waals surface area contributed by atoms with E-state index in [1.54, 1.807) is 17.0 Å². The van der Waals surface area contributed by atoms with Gasteiger partial charge in [-0.2, -0.15) is 0 Å². The molecule has 200 valence electrons.